The summed E-state index contributed by atoms with van der Waals surface area (Å²) in [7, 11) is 2.02. The lowest BCUT2D eigenvalue weighted by Crippen LogP contribution is -2.59. The molecule has 8 nitrogen and oxygen atoms in total. The van der Waals surface area contributed by atoms with Crippen LogP contribution in [-0.2, 0) is 11.2 Å². The van der Waals surface area contributed by atoms with Gasteiger partial charge in [-0.05, 0) is 104 Å². The van der Waals surface area contributed by atoms with E-state index in [-0.39, 0.29) is 11.7 Å². The minimum atomic E-state index is -0.187. The van der Waals surface area contributed by atoms with E-state index in [1.807, 2.05) is 50.5 Å². The molecule has 3 aromatic heterocycles. The quantitative estimate of drug-likeness (QED) is 0.191. The van der Waals surface area contributed by atoms with Crippen molar-refractivity contribution in [1.29, 1.82) is 0 Å². The molecular formula is C39H38FN5O3S. The number of fused-ring (bicyclic) bond motifs is 3. The highest BCUT2D eigenvalue weighted by atomic mass is 32.1. The fourth-order valence-corrected chi connectivity index (χ4v) is 7.98. The summed E-state index contributed by atoms with van der Waals surface area (Å²) >= 11 is 1.74. The Morgan fingerprint density at radius 3 is 2.55 bits per heavy atom. The molecule has 0 atom stereocenters. The molecular weight excluding hydrogens is 638 g/mol. The third-order valence-electron chi connectivity index (χ3n) is 9.52. The van der Waals surface area contributed by atoms with Crippen LogP contribution in [0.5, 0.6) is 0 Å². The molecule has 5 aromatic rings. The van der Waals surface area contributed by atoms with Crippen LogP contribution in [0.3, 0.4) is 0 Å². The monoisotopic (exact) mass is 675 g/mol. The van der Waals surface area contributed by atoms with Gasteiger partial charge in [-0.1, -0.05) is 6.07 Å². The largest absolute Gasteiger partial charge is 0.381 e. The van der Waals surface area contributed by atoms with Crippen LogP contribution in [0.4, 0.5) is 21.6 Å². The topological polar surface area (TPSA) is 87.7 Å². The lowest BCUT2D eigenvalue weighted by atomic mass is 9.73. The number of halogens is 1. The van der Waals surface area contributed by atoms with Gasteiger partial charge in [0.25, 0.3) is 5.91 Å². The molecule has 10 heteroatoms. The molecule has 0 saturated carbocycles. The molecule has 0 radical (unpaired) electrons. The van der Waals surface area contributed by atoms with Crippen LogP contribution in [-0.4, -0.2) is 62.1 Å². The van der Waals surface area contributed by atoms with E-state index >= 15 is 0 Å². The molecule has 1 spiro atoms. The molecule has 250 valence electrons. The van der Waals surface area contributed by atoms with E-state index in [1.54, 1.807) is 53.9 Å². The summed E-state index contributed by atoms with van der Waals surface area (Å²) in [4.78, 5) is 39.4. The van der Waals surface area contributed by atoms with Gasteiger partial charge in [-0.3, -0.25) is 14.6 Å². The second-order valence-corrected chi connectivity index (χ2v) is 14.1. The van der Waals surface area contributed by atoms with Gasteiger partial charge in [0.1, 0.15) is 17.9 Å². The summed E-state index contributed by atoms with van der Waals surface area (Å²) in [6, 6.07) is 22.0. The zero-order valence-corrected chi connectivity index (χ0v) is 28.4. The fourth-order valence-electron chi connectivity index (χ4n) is 6.76. The van der Waals surface area contributed by atoms with Gasteiger partial charge in [0.05, 0.1) is 16.1 Å². The third kappa shape index (κ3) is 6.97. The van der Waals surface area contributed by atoms with E-state index in [0.717, 1.165) is 86.7 Å². The molecule has 2 aromatic carbocycles. The van der Waals surface area contributed by atoms with Gasteiger partial charge in [-0.2, -0.15) is 0 Å². The average molecular weight is 676 g/mol. The molecule has 3 aliphatic rings. The maximum atomic E-state index is 13.6. The lowest BCUT2D eigenvalue weighted by Gasteiger charge is -2.53. The van der Waals surface area contributed by atoms with Gasteiger partial charge >= 0.3 is 0 Å². The second kappa shape index (κ2) is 13.9. The molecule has 1 amide bonds. The summed E-state index contributed by atoms with van der Waals surface area (Å²) in [5.41, 5.74) is 7.47. The number of hydrogen-bond donors (Lipinski definition) is 1. The van der Waals surface area contributed by atoms with E-state index in [4.69, 9.17) is 4.74 Å². The number of amides is 1. The zero-order chi connectivity index (χ0) is 34.0. The smallest absolute Gasteiger partial charge is 0.259 e. The summed E-state index contributed by atoms with van der Waals surface area (Å²) in [6.07, 6.45) is 7.51. The van der Waals surface area contributed by atoms with E-state index in [1.165, 1.54) is 15.3 Å². The standard InChI is InChI=1S/C21H23N3O3.C18H15FN2S/c1-15-10-18(20(26)23-17-4-2-16(12-25)3-5-17)19(22-11-15)24-13-21(14-24)6-8-27-9-7-21;1-21-9-7-12-10-17(15-4-2-3-8-20-15)22-18(12)14-6-5-13(19)11-16(14)21/h2-5,10-12H,6-9,13-14H2,1H3,(H,23,26);2-6,8,10-11H,7,9H2,1H3. The van der Waals surface area contributed by atoms with Crippen molar-refractivity contribution >= 4 is 40.7 Å². The number of anilines is 3. The Labute approximate surface area is 289 Å². The average Bonchev–Trinajstić information content (AvgIpc) is 3.50. The SMILES string of the molecule is CN1CCc2cc(-c3ccccn3)sc2-c2ccc(F)cc21.Cc1cnc(N2CC3(CCOCC3)C2)c(C(=O)Nc2ccc(C=O)cc2)c1. The Kier molecular flexibility index (Phi) is 9.25. The predicted octanol–water partition coefficient (Wildman–Crippen LogP) is 7.68. The maximum Gasteiger partial charge on any atom is 0.259 e. The third-order valence-corrected chi connectivity index (χ3v) is 10.7. The lowest BCUT2D eigenvalue weighted by molar-refractivity contribution is -0.000509. The number of hydrogen-bond acceptors (Lipinski definition) is 8. The van der Waals surface area contributed by atoms with Crippen molar-refractivity contribution in [3.63, 3.8) is 0 Å². The van der Waals surface area contributed by atoms with Gasteiger partial charge in [0.15, 0.2) is 0 Å². The Hall–Kier alpha value is -4.93. The maximum absolute atomic E-state index is 13.6. The molecule has 6 heterocycles. The first-order chi connectivity index (χ1) is 23.8. The van der Waals surface area contributed by atoms with Crippen LogP contribution in [0.1, 0.15) is 44.7 Å². The van der Waals surface area contributed by atoms with Crippen molar-refractivity contribution in [2.45, 2.75) is 26.2 Å². The minimum absolute atomic E-state index is 0.185. The van der Waals surface area contributed by atoms with Crippen LogP contribution in [0.25, 0.3) is 21.0 Å². The van der Waals surface area contributed by atoms with Crippen LogP contribution < -0.4 is 15.1 Å². The normalized spacial score (nSPS) is 16.0. The number of pyridine rings is 2. The van der Waals surface area contributed by atoms with E-state index < -0.39 is 0 Å². The van der Waals surface area contributed by atoms with Crippen molar-refractivity contribution < 1.29 is 18.7 Å². The van der Waals surface area contributed by atoms with Gasteiger partial charge in [0, 0.05) is 85.1 Å². The number of benzene rings is 2. The molecule has 0 bridgehead atoms. The van der Waals surface area contributed by atoms with E-state index in [0.29, 0.717) is 22.2 Å². The molecule has 8 rings (SSSR count). The summed E-state index contributed by atoms with van der Waals surface area (Å²) < 4.78 is 19.1. The number of carbonyl (C=O) groups excluding carboxylic acids is 2. The summed E-state index contributed by atoms with van der Waals surface area (Å²) in [5, 5.41) is 2.91. The number of aryl methyl sites for hydroxylation is 1. The number of thiophene rings is 1. The first-order valence-corrected chi connectivity index (χ1v) is 17.3. The summed E-state index contributed by atoms with van der Waals surface area (Å²) in [5.74, 6) is 0.364. The zero-order valence-electron chi connectivity index (χ0n) is 27.6. The first kappa shape index (κ1) is 32.6. The number of aldehydes is 1. The Morgan fingerprint density at radius 2 is 1.82 bits per heavy atom. The van der Waals surface area contributed by atoms with Crippen molar-refractivity contribution in [2.24, 2.45) is 5.41 Å². The highest BCUT2D eigenvalue weighted by Gasteiger charge is 2.45. The molecule has 2 saturated heterocycles. The second-order valence-electron chi connectivity index (χ2n) is 13.1. The van der Waals surface area contributed by atoms with Gasteiger partial charge in [0.2, 0.25) is 0 Å². The van der Waals surface area contributed by atoms with Crippen molar-refractivity contribution in [3.05, 3.63) is 113 Å². The number of nitrogens with zero attached hydrogens (tertiary/aromatic N) is 4. The van der Waals surface area contributed by atoms with Crippen molar-refractivity contribution in [3.8, 4) is 21.0 Å². The van der Waals surface area contributed by atoms with Gasteiger partial charge < -0.3 is 19.9 Å². The Balaban J connectivity index is 0.000000157. The van der Waals surface area contributed by atoms with Crippen LogP contribution >= 0.6 is 11.3 Å². The number of nitrogens with one attached hydrogen (secondary N) is 1. The number of rotatable bonds is 5. The Morgan fingerprint density at radius 1 is 1.02 bits per heavy atom. The van der Waals surface area contributed by atoms with Crippen LogP contribution in [0.2, 0.25) is 0 Å². The number of ether oxygens (including phenoxy) is 1. The molecule has 0 aliphatic carbocycles. The fraction of sp³-hybridized carbons (Fsp3) is 0.282. The highest BCUT2D eigenvalue weighted by Crippen LogP contribution is 2.44. The minimum Gasteiger partial charge on any atom is -0.381 e. The molecule has 3 aliphatic heterocycles. The molecule has 2 fully saturated rings. The van der Waals surface area contributed by atoms with Crippen LogP contribution in [0.15, 0.2) is 85.2 Å². The van der Waals surface area contributed by atoms with Gasteiger partial charge in [-0.15, -0.1) is 11.3 Å². The first-order valence-electron chi connectivity index (χ1n) is 16.5. The van der Waals surface area contributed by atoms with Crippen LogP contribution in [0, 0.1) is 18.2 Å². The Bertz CT molecular complexity index is 1970. The van der Waals surface area contributed by atoms with Crippen molar-refractivity contribution in [2.75, 3.05) is 55.0 Å². The molecule has 1 N–H and O–H groups in total. The number of carbonyl (C=O) groups is 2. The van der Waals surface area contributed by atoms with E-state index in [9.17, 15) is 14.0 Å². The number of likely N-dealkylation sites (N-methyl/N-ethyl adjacent to an activating group) is 1. The molecule has 49 heavy (non-hydrogen) atoms. The number of aromatic nitrogens is 2. The van der Waals surface area contributed by atoms with E-state index in [2.05, 4.69) is 31.2 Å². The summed E-state index contributed by atoms with van der Waals surface area (Å²) in [6.45, 7) is 6.30. The molecule has 0 unspecified atom stereocenters. The predicted molar refractivity (Wildman–Crippen MR) is 193 cm³/mol. The van der Waals surface area contributed by atoms with Gasteiger partial charge in [-0.25, -0.2) is 9.37 Å². The van der Waals surface area contributed by atoms with Crippen molar-refractivity contribution in [1.82, 2.24) is 9.97 Å². The highest BCUT2D eigenvalue weighted by molar-refractivity contribution is 7.19.